The van der Waals surface area contributed by atoms with Crippen molar-refractivity contribution < 1.29 is 24.2 Å². The number of carboxylic acids is 1. The Morgan fingerprint density at radius 2 is 1.79 bits per heavy atom. The third kappa shape index (κ3) is 6.39. The minimum Gasteiger partial charge on any atom is -0.497 e. The maximum atomic E-state index is 13.6. The van der Waals surface area contributed by atoms with E-state index in [2.05, 4.69) is 20.6 Å². The number of aromatic nitrogens is 4. The highest BCUT2D eigenvalue weighted by Crippen LogP contribution is 2.30. The van der Waals surface area contributed by atoms with Gasteiger partial charge in [0.05, 0.1) is 43.3 Å². The van der Waals surface area contributed by atoms with Crippen LogP contribution in [0.3, 0.4) is 0 Å². The molecule has 1 amide bonds. The van der Waals surface area contributed by atoms with Crippen LogP contribution < -0.4 is 25.7 Å². The molecule has 1 atom stereocenters. The van der Waals surface area contributed by atoms with Gasteiger partial charge in [-0.2, -0.15) is 0 Å². The Morgan fingerprint density at radius 1 is 1.02 bits per heavy atom. The highest BCUT2D eigenvalue weighted by molar-refractivity contribution is 6.04. The molecule has 1 unspecified atom stereocenters. The average Bonchev–Trinajstić information content (AvgIpc) is 3.25. The number of amides is 1. The van der Waals surface area contributed by atoms with Crippen LogP contribution in [0.15, 0.2) is 83.9 Å². The quantitative estimate of drug-likeness (QED) is 0.210. The SMILES string of the molecule is COc1ccc2c(Oc3ccc(NC(=O)c4c(C)n(CC(C)NCC(=O)O)n(-c5ccccc5)c4=O)nc3)ccnc2c1. The highest BCUT2D eigenvalue weighted by Gasteiger charge is 2.25. The maximum absolute atomic E-state index is 13.6. The Balaban J connectivity index is 1.38. The van der Waals surface area contributed by atoms with E-state index in [0.717, 1.165) is 5.39 Å². The van der Waals surface area contributed by atoms with E-state index in [1.165, 1.54) is 10.9 Å². The standard InChI is InChI=1S/C31H30N6O6/c1-19(33-17-28(38)39)18-36-20(2)29(31(41)37(36)21-7-5-4-6-8-21)30(40)35-27-12-10-23(16-34-27)43-26-13-14-32-25-15-22(42-3)9-11-24(25)26/h4-16,19,33H,17-18H2,1-3H3,(H,38,39)(H,34,35,40). The molecule has 5 rings (SSSR count). The Hall–Kier alpha value is -5.49. The number of benzene rings is 2. The first-order valence-corrected chi connectivity index (χ1v) is 13.5. The van der Waals surface area contributed by atoms with Crippen LogP contribution in [0, 0.1) is 6.92 Å². The van der Waals surface area contributed by atoms with Crippen LogP contribution >= 0.6 is 0 Å². The van der Waals surface area contributed by atoms with Crippen molar-refractivity contribution >= 4 is 28.6 Å². The average molecular weight is 583 g/mol. The zero-order chi connectivity index (χ0) is 30.5. The first-order chi connectivity index (χ1) is 20.7. The van der Waals surface area contributed by atoms with Crippen molar-refractivity contribution in [3.8, 4) is 22.9 Å². The van der Waals surface area contributed by atoms with E-state index in [-0.39, 0.29) is 30.5 Å². The molecule has 0 aliphatic heterocycles. The van der Waals surface area contributed by atoms with Gasteiger partial charge in [-0.25, -0.2) is 9.67 Å². The lowest BCUT2D eigenvalue weighted by atomic mass is 10.2. The molecule has 2 aromatic carbocycles. The summed E-state index contributed by atoms with van der Waals surface area (Å²) in [7, 11) is 1.59. The van der Waals surface area contributed by atoms with Gasteiger partial charge in [0.2, 0.25) is 0 Å². The summed E-state index contributed by atoms with van der Waals surface area (Å²) in [4.78, 5) is 46.7. The summed E-state index contributed by atoms with van der Waals surface area (Å²) in [6, 6.07) is 19.1. The first kappa shape index (κ1) is 29.0. The van der Waals surface area contributed by atoms with E-state index < -0.39 is 17.4 Å². The predicted molar refractivity (Wildman–Crippen MR) is 160 cm³/mol. The number of carbonyl (C=O) groups excluding carboxylic acids is 1. The summed E-state index contributed by atoms with van der Waals surface area (Å²) in [6.45, 7) is 3.50. The zero-order valence-electron chi connectivity index (χ0n) is 23.8. The van der Waals surface area contributed by atoms with E-state index >= 15 is 0 Å². The number of carbonyl (C=O) groups is 2. The number of pyridine rings is 2. The predicted octanol–water partition coefficient (Wildman–Crippen LogP) is 4.01. The smallest absolute Gasteiger partial charge is 0.317 e. The number of hydrogen-bond donors (Lipinski definition) is 3. The van der Waals surface area contributed by atoms with Crippen LogP contribution in [0.5, 0.6) is 17.2 Å². The molecule has 0 aliphatic carbocycles. The molecule has 3 N–H and O–H groups in total. The fraction of sp³-hybridized carbons (Fsp3) is 0.194. The Kier molecular flexibility index (Phi) is 8.49. The Labute approximate surface area is 246 Å². The second-order valence-electron chi connectivity index (χ2n) is 9.80. The van der Waals surface area contributed by atoms with Crippen LogP contribution in [0.2, 0.25) is 0 Å². The third-order valence-corrected chi connectivity index (χ3v) is 6.79. The number of hydrogen-bond acceptors (Lipinski definition) is 8. The van der Waals surface area contributed by atoms with E-state index in [9.17, 15) is 14.4 Å². The molecule has 3 aromatic heterocycles. The van der Waals surface area contributed by atoms with Gasteiger partial charge in [0.15, 0.2) is 0 Å². The number of nitrogens with one attached hydrogen (secondary N) is 2. The number of methoxy groups -OCH3 is 1. The molecule has 43 heavy (non-hydrogen) atoms. The molecule has 5 aromatic rings. The molecular formula is C31H30N6O6. The number of para-hydroxylation sites is 1. The molecule has 220 valence electrons. The molecule has 0 spiro atoms. The minimum absolute atomic E-state index is 0.0462. The lowest BCUT2D eigenvalue weighted by molar-refractivity contribution is -0.136. The topological polar surface area (TPSA) is 150 Å². The number of anilines is 1. The Bertz CT molecular complexity index is 1830. The number of fused-ring (bicyclic) bond motifs is 1. The van der Waals surface area contributed by atoms with Crippen molar-refractivity contribution in [2.45, 2.75) is 26.4 Å². The molecule has 0 fully saturated rings. The Morgan fingerprint density at radius 3 is 2.49 bits per heavy atom. The van der Waals surface area contributed by atoms with Gasteiger partial charge < -0.3 is 25.2 Å². The molecular weight excluding hydrogens is 552 g/mol. The molecule has 0 saturated carbocycles. The first-order valence-electron chi connectivity index (χ1n) is 13.5. The van der Waals surface area contributed by atoms with Crippen LogP contribution in [0.4, 0.5) is 5.82 Å². The van der Waals surface area contributed by atoms with Gasteiger partial charge in [-0.05, 0) is 56.3 Å². The largest absolute Gasteiger partial charge is 0.497 e. The summed E-state index contributed by atoms with van der Waals surface area (Å²) in [6.07, 6.45) is 3.11. The second kappa shape index (κ2) is 12.6. The van der Waals surface area contributed by atoms with Crippen LogP contribution in [0.1, 0.15) is 23.0 Å². The number of rotatable bonds is 11. The van der Waals surface area contributed by atoms with E-state index in [0.29, 0.717) is 34.1 Å². The van der Waals surface area contributed by atoms with Gasteiger partial charge in [-0.1, -0.05) is 18.2 Å². The van der Waals surface area contributed by atoms with Gasteiger partial charge in [-0.3, -0.25) is 24.0 Å². The summed E-state index contributed by atoms with van der Waals surface area (Å²) in [5.41, 5.74) is 1.16. The van der Waals surface area contributed by atoms with Gasteiger partial charge >= 0.3 is 5.97 Å². The summed E-state index contributed by atoms with van der Waals surface area (Å²) < 4.78 is 14.4. The van der Waals surface area contributed by atoms with Crippen LogP contribution in [-0.2, 0) is 11.3 Å². The lowest BCUT2D eigenvalue weighted by Crippen LogP contribution is -2.36. The minimum atomic E-state index is -0.990. The summed E-state index contributed by atoms with van der Waals surface area (Å²) in [5.74, 6) is 0.331. The fourth-order valence-electron chi connectivity index (χ4n) is 4.68. The van der Waals surface area contributed by atoms with E-state index in [4.69, 9.17) is 14.6 Å². The van der Waals surface area contributed by atoms with Gasteiger partial charge in [0.1, 0.15) is 28.6 Å². The van der Waals surface area contributed by atoms with Gasteiger partial charge in [0, 0.05) is 23.7 Å². The number of ether oxygens (including phenoxy) is 2. The van der Waals surface area contributed by atoms with Crippen molar-refractivity contribution in [1.82, 2.24) is 24.6 Å². The van der Waals surface area contributed by atoms with Crippen molar-refractivity contribution in [2.24, 2.45) is 0 Å². The van der Waals surface area contributed by atoms with Gasteiger partial charge in [0.25, 0.3) is 11.5 Å². The highest BCUT2D eigenvalue weighted by atomic mass is 16.5. The number of carboxylic acid groups (broad SMARTS) is 1. The monoisotopic (exact) mass is 582 g/mol. The van der Waals surface area contributed by atoms with E-state index in [1.54, 1.807) is 74.3 Å². The van der Waals surface area contributed by atoms with Crippen molar-refractivity contribution in [1.29, 1.82) is 0 Å². The molecule has 12 nitrogen and oxygen atoms in total. The maximum Gasteiger partial charge on any atom is 0.317 e. The van der Waals surface area contributed by atoms with Crippen molar-refractivity contribution in [3.63, 3.8) is 0 Å². The molecule has 3 heterocycles. The number of aliphatic carboxylic acids is 1. The van der Waals surface area contributed by atoms with Crippen LogP contribution in [-0.4, -0.2) is 56.0 Å². The summed E-state index contributed by atoms with van der Waals surface area (Å²) >= 11 is 0. The summed E-state index contributed by atoms with van der Waals surface area (Å²) in [5, 5.41) is 15.4. The van der Waals surface area contributed by atoms with Crippen molar-refractivity contribution in [2.75, 3.05) is 19.0 Å². The normalized spacial score (nSPS) is 11.7. The fourth-order valence-corrected chi connectivity index (χ4v) is 4.68. The second-order valence-corrected chi connectivity index (χ2v) is 9.80. The molecule has 0 radical (unpaired) electrons. The zero-order valence-corrected chi connectivity index (χ0v) is 23.8. The lowest BCUT2D eigenvalue weighted by Gasteiger charge is -2.18. The number of nitrogens with zero attached hydrogens (tertiary/aromatic N) is 4. The molecule has 12 heteroatoms. The van der Waals surface area contributed by atoms with Crippen molar-refractivity contribution in [3.05, 3.63) is 101 Å². The third-order valence-electron chi connectivity index (χ3n) is 6.79. The van der Waals surface area contributed by atoms with Crippen LogP contribution in [0.25, 0.3) is 16.6 Å². The molecule has 0 saturated heterocycles. The van der Waals surface area contributed by atoms with Gasteiger partial charge in [-0.15, -0.1) is 0 Å². The van der Waals surface area contributed by atoms with E-state index in [1.807, 2.05) is 24.3 Å². The molecule has 0 aliphatic rings. The molecule has 0 bridgehead atoms.